The number of aliphatic hydroxyl groups excluding tert-OH is 1. The third-order valence-electron chi connectivity index (χ3n) is 6.86. The van der Waals surface area contributed by atoms with Gasteiger partial charge in [0, 0.05) is 24.0 Å². The number of aromatic nitrogens is 2. The number of benzene rings is 2. The summed E-state index contributed by atoms with van der Waals surface area (Å²) >= 11 is 0. The van der Waals surface area contributed by atoms with Crippen molar-refractivity contribution < 1.29 is 14.7 Å². The second-order valence-corrected chi connectivity index (χ2v) is 9.79. The summed E-state index contributed by atoms with van der Waals surface area (Å²) in [5.74, 6) is -0.288. The number of nitrogens with zero attached hydrogens (tertiary/aromatic N) is 3. The quantitative estimate of drug-likeness (QED) is 0.419. The van der Waals surface area contributed by atoms with Crippen molar-refractivity contribution in [3.05, 3.63) is 72.3 Å². The van der Waals surface area contributed by atoms with Crippen LogP contribution in [0.2, 0.25) is 0 Å². The molecule has 8 heteroatoms. The summed E-state index contributed by atoms with van der Waals surface area (Å²) in [6.45, 7) is 6.17. The number of carbonyl (C=O) groups is 2. The Hall–Kier alpha value is -3.65. The van der Waals surface area contributed by atoms with Crippen LogP contribution in [0.25, 0.3) is 11.1 Å². The summed E-state index contributed by atoms with van der Waals surface area (Å²) in [5.41, 5.74) is 10.3. The molecule has 3 atom stereocenters. The Morgan fingerprint density at radius 1 is 1.17 bits per heavy atom. The molecule has 1 aliphatic heterocycles. The number of likely N-dealkylation sites (tertiary alicyclic amines) is 1. The van der Waals surface area contributed by atoms with Gasteiger partial charge in [-0.25, -0.2) is 4.98 Å². The van der Waals surface area contributed by atoms with E-state index in [1.165, 1.54) is 0 Å². The molecule has 0 radical (unpaired) electrons. The van der Waals surface area contributed by atoms with Gasteiger partial charge in [0.25, 0.3) is 0 Å². The smallest absolute Gasteiger partial charge is 0.246 e. The number of para-hydroxylation sites is 1. The predicted molar refractivity (Wildman–Crippen MR) is 140 cm³/mol. The van der Waals surface area contributed by atoms with Crippen LogP contribution in [0.4, 0.5) is 5.69 Å². The number of hydrogen-bond donors (Lipinski definition) is 3. The highest BCUT2D eigenvalue weighted by molar-refractivity contribution is 5.90. The topological polar surface area (TPSA) is 113 Å². The number of anilines is 1. The third kappa shape index (κ3) is 5.28. The molecule has 36 heavy (non-hydrogen) atoms. The zero-order valence-corrected chi connectivity index (χ0v) is 21.1. The lowest BCUT2D eigenvalue weighted by Crippen LogP contribution is -2.49. The van der Waals surface area contributed by atoms with Gasteiger partial charge in [0.05, 0.1) is 24.7 Å². The average Bonchev–Trinajstić information content (AvgIpc) is 3.52. The molecule has 1 fully saturated rings. The van der Waals surface area contributed by atoms with Crippen LogP contribution in [-0.2, 0) is 9.59 Å². The first-order valence-electron chi connectivity index (χ1n) is 12.5. The Bertz CT molecular complexity index is 1200. The first kappa shape index (κ1) is 25.4. The number of aryl methyl sites for hydroxylation is 1. The number of rotatable bonds is 8. The maximum atomic E-state index is 13.6. The fourth-order valence-corrected chi connectivity index (χ4v) is 4.98. The zero-order valence-electron chi connectivity index (χ0n) is 21.1. The highest BCUT2D eigenvalue weighted by Gasteiger charge is 2.39. The van der Waals surface area contributed by atoms with Gasteiger partial charge >= 0.3 is 0 Å². The average molecular weight is 490 g/mol. The first-order chi connectivity index (χ1) is 17.3. The van der Waals surface area contributed by atoms with Crippen LogP contribution >= 0.6 is 0 Å². The van der Waals surface area contributed by atoms with Crippen molar-refractivity contribution in [2.45, 2.75) is 51.7 Å². The second-order valence-electron chi connectivity index (χ2n) is 9.79. The Morgan fingerprint density at radius 2 is 1.89 bits per heavy atom. The van der Waals surface area contributed by atoms with Crippen molar-refractivity contribution in [1.82, 2.24) is 19.8 Å². The number of nitrogens with one attached hydrogen (secondary N) is 1. The van der Waals surface area contributed by atoms with E-state index in [-0.39, 0.29) is 24.3 Å². The molecule has 2 heterocycles. The van der Waals surface area contributed by atoms with Crippen molar-refractivity contribution in [2.24, 2.45) is 5.92 Å². The Balaban J connectivity index is 1.48. The van der Waals surface area contributed by atoms with E-state index in [0.29, 0.717) is 18.7 Å². The van der Waals surface area contributed by atoms with Gasteiger partial charge < -0.3 is 25.6 Å². The zero-order chi connectivity index (χ0) is 25.8. The fourth-order valence-electron chi connectivity index (χ4n) is 4.98. The van der Waals surface area contributed by atoms with E-state index in [2.05, 4.69) is 10.3 Å². The molecule has 0 spiro atoms. The monoisotopic (exact) mass is 489 g/mol. The summed E-state index contributed by atoms with van der Waals surface area (Å²) in [4.78, 5) is 32.9. The van der Waals surface area contributed by atoms with E-state index < -0.39 is 18.1 Å². The molecule has 4 N–H and O–H groups in total. The van der Waals surface area contributed by atoms with Gasteiger partial charge in [0.2, 0.25) is 11.8 Å². The number of amides is 2. The van der Waals surface area contributed by atoms with Gasteiger partial charge in [0.15, 0.2) is 0 Å². The Kier molecular flexibility index (Phi) is 7.74. The lowest BCUT2D eigenvalue weighted by molar-refractivity contribution is -0.142. The number of carbonyl (C=O) groups excluding carboxylic acids is 2. The molecule has 1 aliphatic rings. The minimum absolute atomic E-state index is 0.0396. The molecule has 2 amide bonds. The minimum Gasteiger partial charge on any atom is -0.398 e. The molecule has 0 bridgehead atoms. The number of aliphatic hydroxyl groups is 1. The maximum absolute atomic E-state index is 13.6. The summed E-state index contributed by atoms with van der Waals surface area (Å²) in [5, 5.41) is 13.0. The van der Waals surface area contributed by atoms with Crippen LogP contribution in [0, 0.1) is 12.8 Å². The normalized spacial score (nSPS) is 17.2. The van der Waals surface area contributed by atoms with Gasteiger partial charge in [-0.1, -0.05) is 56.3 Å². The highest BCUT2D eigenvalue weighted by Crippen LogP contribution is 2.29. The SMILES string of the molecule is Cc1cn([C@H](C(=O)N2CCC[C@H]2C(=O)N[C@@H](CO)c2ccc(-c3ccccc3N)cc2)C(C)C)cn1. The second kappa shape index (κ2) is 11.0. The number of imidazole rings is 1. The van der Waals surface area contributed by atoms with Crippen LogP contribution in [0.5, 0.6) is 0 Å². The Morgan fingerprint density at radius 3 is 2.50 bits per heavy atom. The van der Waals surface area contributed by atoms with Gasteiger partial charge in [-0.2, -0.15) is 0 Å². The van der Waals surface area contributed by atoms with E-state index in [1.54, 1.807) is 11.2 Å². The van der Waals surface area contributed by atoms with E-state index >= 15 is 0 Å². The summed E-state index contributed by atoms with van der Waals surface area (Å²) < 4.78 is 1.84. The molecule has 0 unspecified atom stereocenters. The van der Waals surface area contributed by atoms with Crippen molar-refractivity contribution in [3.63, 3.8) is 0 Å². The number of nitrogen functional groups attached to an aromatic ring is 1. The van der Waals surface area contributed by atoms with Gasteiger partial charge in [-0.3, -0.25) is 9.59 Å². The fraction of sp³-hybridized carbons (Fsp3) is 0.393. The minimum atomic E-state index is -0.575. The van der Waals surface area contributed by atoms with E-state index in [4.69, 9.17) is 5.73 Å². The lowest BCUT2D eigenvalue weighted by atomic mass is 9.99. The molecule has 3 aromatic rings. The van der Waals surface area contributed by atoms with Gasteiger partial charge in [-0.15, -0.1) is 0 Å². The molecule has 0 aliphatic carbocycles. The highest BCUT2D eigenvalue weighted by atomic mass is 16.3. The summed E-state index contributed by atoms with van der Waals surface area (Å²) in [7, 11) is 0. The third-order valence-corrected chi connectivity index (χ3v) is 6.86. The molecule has 8 nitrogen and oxygen atoms in total. The predicted octanol–water partition coefficient (Wildman–Crippen LogP) is 3.48. The van der Waals surface area contributed by atoms with E-state index in [9.17, 15) is 14.7 Å². The molecule has 190 valence electrons. The molecule has 0 saturated carbocycles. The summed E-state index contributed by atoms with van der Waals surface area (Å²) in [6.07, 6.45) is 4.89. The van der Waals surface area contributed by atoms with Crippen LogP contribution in [-0.4, -0.2) is 50.6 Å². The number of hydrogen-bond acceptors (Lipinski definition) is 5. The van der Waals surface area contributed by atoms with Crippen LogP contribution < -0.4 is 11.1 Å². The molecule has 1 aromatic heterocycles. The van der Waals surface area contributed by atoms with Crippen LogP contribution in [0.3, 0.4) is 0 Å². The van der Waals surface area contributed by atoms with Gasteiger partial charge in [-0.05, 0) is 42.9 Å². The first-order valence-corrected chi connectivity index (χ1v) is 12.5. The largest absolute Gasteiger partial charge is 0.398 e. The van der Waals surface area contributed by atoms with Crippen molar-refractivity contribution in [1.29, 1.82) is 0 Å². The maximum Gasteiger partial charge on any atom is 0.246 e. The summed E-state index contributed by atoms with van der Waals surface area (Å²) in [6, 6.07) is 13.7. The van der Waals surface area contributed by atoms with E-state index in [1.807, 2.05) is 80.1 Å². The molecule has 2 aromatic carbocycles. The van der Waals surface area contributed by atoms with Gasteiger partial charge in [0.1, 0.15) is 12.1 Å². The van der Waals surface area contributed by atoms with Crippen LogP contribution in [0.15, 0.2) is 61.1 Å². The Labute approximate surface area is 212 Å². The van der Waals surface area contributed by atoms with Crippen molar-refractivity contribution in [2.75, 3.05) is 18.9 Å². The molecule has 1 saturated heterocycles. The molecule has 4 rings (SSSR count). The van der Waals surface area contributed by atoms with Crippen LogP contribution in [0.1, 0.15) is 50.0 Å². The molecular weight excluding hydrogens is 454 g/mol. The molecular formula is C28H35N5O3. The van der Waals surface area contributed by atoms with Crippen molar-refractivity contribution >= 4 is 17.5 Å². The van der Waals surface area contributed by atoms with E-state index in [0.717, 1.165) is 28.8 Å². The van der Waals surface area contributed by atoms with Crippen molar-refractivity contribution in [3.8, 4) is 11.1 Å². The number of nitrogens with two attached hydrogens (primary N) is 1. The standard InChI is InChI=1S/C28H35N5O3/c1-18(2)26(32-15-19(3)30-17-32)28(36)33-14-6-9-25(33)27(35)31-24(16-34)21-12-10-20(11-13-21)22-7-4-5-8-23(22)29/h4-5,7-8,10-13,15,17-18,24-26,34H,6,9,14,16,29H2,1-3H3,(H,31,35)/t24-,25-,26-/m0/s1. The lowest BCUT2D eigenvalue weighted by Gasteiger charge is -2.31.